The number of hydrogen-bond acceptors (Lipinski definition) is 4. The molecule has 0 amide bonds. The maximum absolute atomic E-state index is 6.24. The molecule has 0 aliphatic carbocycles. The minimum Gasteiger partial charge on any atom is -0.329 e. The average Bonchev–Trinajstić information content (AvgIpc) is 2.67. The van der Waals surface area contributed by atoms with Crippen molar-refractivity contribution in [3.05, 3.63) is 0 Å². The Labute approximate surface area is 123 Å². The van der Waals surface area contributed by atoms with Crippen molar-refractivity contribution >= 4 is 11.8 Å². The zero-order valence-electron chi connectivity index (χ0n) is 13.1. The zero-order chi connectivity index (χ0) is 14.0. The minimum absolute atomic E-state index is 0.246. The largest absolute Gasteiger partial charge is 0.329 e. The van der Waals surface area contributed by atoms with E-state index in [0.29, 0.717) is 6.04 Å². The quantitative estimate of drug-likeness (QED) is 0.809. The van der Waals surface area contributed by atoms with Crippen LogP contribution in [0.25, 0.3) is 0 Å². The lowest BCUT2D eigenvalue weighted by atomic mass is 9.80. The molecule has 112 valence electrons. The first-order chi connectivity index (χ1) is 9.04. The minimum atomic E-state index is 0.246. The Morgan fingerprint density at radius 2 is 1.95 bits per heavy atom. The van der Waals surface area contributed by atoms with E-state index >= 15 is 0 Å². The third kappa shape index (κ3) is 2.97. The summed E-state index contributed by atoms with van der Waals surface area (Å²) in [6.07, 6.45) is 8.73. The van der Waals surface area contributed by atoms with Gasteiger partial charge >= 0.3 is 0 Å². The number of hydrogen-bond donors (Lipinski definition) is 1. The highest BCUT2D eigenvalue weighted by Crippen LogP contribution is 2.42. The third-order valence-corrected chi connectivity index (χ3v) is 6.39. The molecular weight excluding hydrogens is 254 g/mol. The fourth-order valence-electron chi connectivity index (χ4n) is 4.09. The molecule has 2 aliphatic rings. The van der Waals surface area contributed by atoms with E-state index in [4.69, 9.17) is 5.73 Å². The van der Waals surface area contributed by atoms with Gasteiger partial charge in [-0.1, -0.05) is 0 Å². The van der Waals surface area contributed by atoms with Crippen molar-refractivity contribution in [2.75, 3.05) is 32.6 Å². The molecule has 3 nitrogen and oxygen atoms in total. The van der Waals surface area contributed by atoms with Gasteiger partial charge < -0.3 is 10.6 Å². The van der Waals surface area contributed by atoms with E-state index < -0.39 is 0 Å². The van der Waals surface area contributed by atoms with Crippen molar-refractivity contribution in [2.45, 2.75) is 62.7 Å². The molecule has 2 saturated heterocycles. The van der Waals surface area contributed by atoms with Crippen LogP contribution in [0.1, 0.15) is 39.0 Å². The van der Waals surface area contributed by atoms with Crippen molar-refractivity contribution in [1.29, 1.82) is 0 Å². The number of nitrogens with zero attached hydrogens (tertiary/aromatic N) is 2. The highest BCUT2D eigenvalue weighted by molar-refractivity contribution is 7.98. The van der Waals surface area contributed by atoms with E-state index in [9.17, 15) is 0 Å². The second-order valence-electron chi connectivity index (χ2n) is 6.63. The summed E-state index contributed by atoms with van der Waals surface area (Å²) in [5.41, 5.74) is 6.48. The number of thioether (sulfide) groups is 1. The van der Waals surface area contributed by atoms with Crippen LogP contribution in [-0.4, -0.2) is 66.1 Å². The normalized spacial score (nSPS) is 36.9. The van der Waals surface area contributed by atoms with E-state index in [-0.39, 0.29) is 5.54 Å². The van der Waals surface area contributed by atoms with Crippen LogP contribution in [0.3, 0.4) is 0 Å². The monoisotopic (exact) mass is 285 g/mol. The smallest absolute Gasteiger partial charge is 0.0361 e. The topological polar surface area (TPSA) is 32.5 Å². The fraction of sp³-hybridized carbons (Fsp3) is 1.00. The summed E-state index contributed by atoms with van der Waals surface area (Å²) in [6, 6.07) is 2.16. The molecule has 4 heteroatoms. The summed E-state index contributed by atoms with van der Waals surface area (Å²) in [5, 5.41) is 0. The van der Waals surface area contributed by atoms with Gasteiger partial charge in [-0.05, 0) is 65.1 Å². The van der Waals surface area contributed by atoms with Gasteiger partial charge in [0.05, 0.1) is 0 Å². The van der Waals surface area contributed by atoms with Gasteiger partial charge in [0, 0.05) is 30.2 Å². The highest BCUT2D eigenvalue weighted by atomic mass is 32.2. The Balaban J connectivity index is 2.06. The first kappa shape index (κ1) is 15.6. The summed E-state index contributed by atoms with van der Waals surface area (Å²) in [4.78, 5) is 5.22. The fourth-order valence-corrected chi connectivity index (χ4v) is 4.67. The molecule has 2 aliphatic heterocycles. The lowest BCUT2D eigenvalue weighted by molar-refractivity contribution is -0.00415. The zero-order valence-corrected chi connectivity index (χ0v) is 13.9. The van der Waals surface area contributed by atoms with Crippen LogP contribution < -0.4 is 5.73 Å². The summed E-state index contributed by atoms with van der Waals surface area (Å²) in [6.45, 7) is 3.18. The van der Waals surface area contributed by atoms with Crippen LogP contribution in [0.2, 0.25) is 0 Å². The average molecular weight is 286 g/mol. The molecule has 3 unspecified atom stereocenters. The van der Waals surface area contributed by atoms with E-state index in [1.165, 1.54) is 37.9 Å². The van der Waals surface area contributed by atoms with E-state index in [1.807, 2.05) is 11.8 Å². The standard InChI is InChI=1S/C15H31N3S/c1-12(7-8-19-4)18(3)15(11-16)9-13-5-6-14(10-15)17(13)2/h12-14H,5-11,16H2,1-4H3. The van der Waals surface area contributed by atoms with Crippen LogP contribution in [-0.2, 0) is 0 Å². The van der Waals surface area contributed by atoms with Gasteiger partial charge in [0.1, 0.15) is 0 Å². The molecule has 0 spiro atoms. The summed E-state index contributed by atoms with van der Waals surface area (Å²) in [7, 11) is 4.61. The third-order valence-electron chi connectivity index (χ3n) is 5.75. The molecule has 19 heavy (non-hydrogen) atoms. The van der Waals surface area contributed by atoms with E-state index in [1.54, 1.807) is 0 Å². The van der Waals surface area contributed by atoms with Gasteiger partial charge in [0.15, 0.2) is 0 Å². The summed E-state index contributed by atoms with van der Waals surface area (Å²) < 4.78 is 0. The van der Waals surface area contributed by atoms with Crippen molar-refractivity contribution in [2.24, 2.45) is 5.73 Å². The Morgan fingerprint density at radius 3 is 2.42 bits per heavy atom. The van der Waals surface area contributed by atoms with Crippen molar-refractivity contribution in [3.63, 3.8) is 0 Å². The lowest BCUT2D eigenvalue weighted by Crippen LogP contribution is -2.62. The van der Waals surface area contributed by atoms with Crippen LogP contribution in [0.5, 0.6) is 0 Å². The molecule has 0 aromatic rings. The first-order valence-corrected chi connectivity index (χ1v) is 9.07. The van der Waals surface area contributed by atoms with Gasteiger partial charge in [0.25, 0.3) is 0 Å². The van der Waals surface area contributed by atoms with E-state index in [2.05, 4.69) is 37.1 Å². The van der Waals surface area contributed by atoms with Gasteiger partial charge in [-0.2, -0.15) is 11.8 Å². The van der Waals surface area contributed by atoms with Crippen LogP contribution in [0.15, 0.2) is 0 Å². The highest BCUT2D eigenvalue weighted by Gasteiger charge is 2.48. The Bertz CT molecular complexity index is 283. The predicted molar refractivity (Wildman–Crippen MR) is 85.8 cm³/mol. The predicted octanol–water partition coefficient (Wildman–Crippen LogP) is 2.01. The maximum Gasteiger partial charge on any atom is 0.0361 e. The molecular formula is C15H31N3S. The second-order valence-corrected chi connectivity index (χ2v) is 7.61. The second kappa shape index (κ2) is 6.33. The SMILES string of the molecule is CSCCC(C)N(C)C1(CN)CC2CCC(C1)N2C. The number of nitrogens with two attached hydrogens (primary N) is 1. The molecule has 0 saturated carbocycles. The molecule has 3 atom stereocenters. The number of rotatable bonds is 6. The van der Waals surface area contributed by atoms with Crippen molar-refractivity contribution in [3.8, 4) is 0 Å². The molecule has 2 rings (SSSR count). The molecule has 0 aromatic carbocycles. The summed E-state index contributed by atoms with van der Waals surface area (Å²) in [5.74, 6) is 1.25. The molecule has 2 fully saturated rings. The molecule has 2 N–H and O–H groups in total. The molecule has 0 aromatic heterocycles. The number of likely N-dealkylation sites (N-methyl/N-ethyl adjacent to an activating group) is 1. The maximum atomic E-state index is 6.24. The Morgan fingerprint density at radius 1 is 1.37 bits per heavy atom. The van der Waals surface area contributed by atoms with Gasteiger partial charge in [-0.15, -0.1) is 0 Å². The Hall–Kier alpha value is 0.230. The van der Waals surface area contributed by atoms with Crippen LogP contribution >= 0.6 is 11.8 Å². The molecule has 2 heterocycles. The van der Waals surface area contributed by atoms with E-state index in [0.717, 1.165) is 18.6 Å². The van der Waals surface area contributed by atoms with Gasteiger partial charge in [-0.25, -0.2) is 0 Å². The van der Waals surface area contributed by atoms with Gasteiger partial charge in [-0.3, -0.25) is 4.90 Å². The van der Waals surface area contributed by atoms with Crippen LogP contribution in [0, 0.1) is 0 Å². The van der Waals surface area contributed by atoms with Crippen molar-refractivity contribution < 1.29 is 0 Å². The number of fused-ring (bicyclic) bond motifs is 2. The van der Waals surface area contributed by atoms with Crippen molar-refractivity contribution in [1.82, 2.24) is 9.80 Å². The lowest BCUT2D eigenvalue weighted by Gasteiger charge is -2.51. The molecule has 2 bridgehead atoms. The van der Waals surface area contributed by atoms with Crippen LogP contribution in [0.4, 0.5) is 0 Å². The Kier molecular flexibility index (Phi) is 5.21. The molecule has 0 radical (unpaired) electrons. The number of piperidine rings is 1. The first-order valence-electron chi connectivity index (χ1n) is 7.68. The van der Waals surface area contributed by atoms with Gasteiger partial charge in [0.2, 0.25) is 0 Å². The summed E-state index contributed by atoms with van der Waals surface area (Å²) >= 11 is 1.95.